The lowest BCUT2D eigenvalue weighted by Gasteiger charge is -2.19. The third-order valence-corrected chi connectivity index (χ3v) is 1.97. The first-order chi connectivity index (χ1) is 7.27. The van der Waals surface area contributed by atoms with Crippen molar-refractivity contribution < 1.29 is 9.90 Å². The molecule has 0 aliphatic carbocycles. The molecule has 0 bridgehead atoms. The zero-order valence-corrected chi connectivity index (χ0v) is 8.68. The summed E-state index contributed by atoms with van der Waals surface area (Å²) in [4.78, 5) is 17.0. The number of hydrogen-bond acceptors (Lipinski definition) is 3. The number of nitrogens with one attached hydrogen (secondary N) is 1. The van der Waals surface area contributed by atoms with E-state index in [1.165, 1.54) is 4.90 Å². The molecule has 0 radical (unpaired) electrons. The molecule has 0 saturated heterocycles. The van der Waals surface area contributed by atoms with Crippen molar-refractivity contribution in [1.82, 2.24) is 9.88 Å². The Labute approximate surface area is 88.7 Å². The van der Waals surface area contributed by atoms with Gasteiger partial charge in [-0.3, -0.25) is 4.98 Å². The van der Waals surface area contributed by atoms with Gasteiger partial charge in [0.05, 0.1) is 6.61 Å². The highest BCUT2D eigenvalue weighted by Crippen LogP contribution is 2.04. The van der Waals surface area contributed by atoms with Gasteiger partial charge in [-0.05, 0) is 19.1 Å². The zero-order chi connectivity index (χ0) is 11.1. The number of urea groups is 1. The second kappa shape index (κ2) is 5.98. The highest BCUT2D eigenvalue weighted by Gasteiger charge is 2.09. The highest BCUT2D eigenvalue weighted by molar-refractivity contribution is 5.89. The molecule has 0 unspecified atom stereocenters. The number of aliphatic hydroxyl groups is 1. The van der Waals surface area contributed by atoms with Crippen molar-refractivity contribution in [2.45, 2.75) is 6.92 Å². The Morgan fingerprint density at radius 3 is 2.73 bits per heavy atom. The number of rotatable bonds is 4. The smallest absolute Gasteiger partial charge is 0.321 e. The number of aliphatic hydroxyl groups excluding tert-OH is 1. The summed E-state index contributed by atoms with van der Waals surface area (Å²) >= 11 is 0. The van der Waals surface area contributed by atoms with Gasteiger partial charge in [0.2, 0.25) is 0 Å². The van der Waals surface area contributed by atoms with Gasteiger partial charge in [-0.25, -0.2) is 4.79 Å². The van der Waals surface area contributed by atoms with Crippen LogP contribution in [0.4, 0.5) is 10.5 Å². The van der Waals surface area contributed by atoms with Crippen LogP contribution in [0.5, 0.6) is 0 Å². The van der Waals surface area contributed by atoms with Crippen molar-refractivity contribution in [3.63, 3.8) is 0 Å². The van der Waals surface area contributed by atoms with E-state index in [2.05, 4.69) is 10.3 Å². The van der Waals surface area contributed by atoms with Crippen LogP contribution in [0, 0.1) is 0 Å². The molecule has 82 valence electrons. The van der Waals surface area contributed by atoms with Gasteiger partial charge in [0.1, 0.15) is 0 Å². The minimum atomic E-state index is -0.210. The Hall–Kier alpha value is -1.62. The van der Waals surface area contributed by atoms with Gasteiger partial charge in [-0.1, -0.05) is 0 Å². The summed E-state index contributed by atoms with van der Waals surface area (Å²) in [6.07, 6.45) is 3.22. The van der Waals surface area contributed by atoms with E-state index in [1.54, 1.807) is 24.5 Å². The van der Waals surface area contributed by atoms with Crippen molar-refractivity contribution in [1.29, 1.82) is 0 Å². The summed E-state index contributed by atoms with van der Waals surface area (Å²) in [7, 11) is 0. The van der Waals surface area contributed by atoms with Crippen LogP contribution < -0.4 is 5.32 Å². The molecule has 5 heteroatoms. The maximum Gasteiger partial charge on any atom is 0.321 e. The van der Waals surface area contributed by atoms with Crippen LogP contribution in [-0.2, 0) is 0 Å². The van der Waals surface area contributed by atoms with Gasteiger partial charge in [0.15, 0.2) is 0 Å². The van der Waals surface area contributed by atoms with E-state index in [-0.39, 0.29) is 12.6 Å². The molecular weight excluding hydrogens is 194 g/mol. The van der Waals surface area contributed by atoms with E-state index in [1.807, 2.05) is 6.92 Å². The van der Waals surface area contributed by atoms with E-state index in [9.17, 15) is 4.79 Å². The van der Waals surface area contributed by atoms with Crippen LogP contribution in [0.2, 0.25) is 0 Å². The van der Waals surface area contributed by atoms with Gasteiger partial charge >= 0.3 is 6.03 Å². The molecule has 0 spiro atoms. The van der Waals surface area contributed by atoms with Crippen LogP contribution in [0.1, 0.15) is 6.92 Å². The first-order valence-corrected chi connectivity index (χ1v) is 4.84. The summed E-state index contributed by atoms with van der Waals surface area (Å²) in [5.74, 6) is 0. The largest absolute Gasteiger partial charge is 0.395 e. The molecule has 2 amide bonds. The average molecular weight is 209 g/mol. The van der Waals surface area contributed by atoms with Crippen molar-refractivity contribution in [2.24, 2.45) is 0 Å². The fourth-order valence-electron chi connectivity index (χ4n) is 1.16. The normalized spacial score (nSPS) is 9.73. The summed E-state index contributed by atoms with van der Waals surface area (Å²) < 4.78 is 0. The van der Waals surface area contributed by atoms with Gasteiger partial charge in [-0.15, -0.1) is 0 Å². The summed E-state index contributed by atoms with van der Waals surface area (Å²) in [6, 6.07) is 3.22. The van der Waals surface area contributed by atoms with Crippen LogP contribution in [0.25, 0.3) is 0 Å². The first kappa shape index (κ1) is 11.5. The number of amides is 2. The van der Waals surface area contributed by atoms with Crippen LogP contribution in [0.15, 0.2) is 24.5 Å². The standard InChI is InChI=1S/C10H15N3O2/c1-2-13(7-8-14)10(15)12-9-3-5-11-6-4-9/h3-6,14H,2,7-8H2,1H3,(H,11,12,15). The molecule has 1 aromatic rings. The number of hydrogen-bond donors (Lipinski definition) is 2. The van der Waals surface area contributed by atoms with Crippen LogP contribution in [-0.4, -0.2) is 40.7 Å². The molecule has 1 heterocycles. The number of carbonyl (C=O) groups is 1. The van der Waals surface area contributed by atoms with Crippen molar-refractivity contribution in [3.05, 3.63) is 24.5 Å². The van der Waals surface area contributed by atoms with Gasteiger partial charge in [0, 0.05) is 31.2 Å². The minimum absolute atomic E-state index is 0.0302. The molecule has 0 aliphatic rings. The lowest BCUT2D eigenvalue weighted by atomic mass is 10.4. The molecule has 5 nitrogen and oxygen atoms in total. The third kappa shape index (κ3) is 3.55. The van der Waals surface area contributed by atoms with E-state index in [0.29, 0.717) is 18.8 Å². The second-order valence-corrected chi connectivity index (χ2v) is 2.97. The lowest BCUT2D eigenvalue weighted by molar-refractivity contribution is 0.192. The Balaban J connectivity index is 2.54. The number of nitrogens with zero attached hydrogens (tertiary/aromatic N) is 2. The molecule has 0 saturated carbocycles. The Morgan fingerprint density at radius 1 is 1.53 bits per heavy atom. The number of aromatic nitrogens is 1. The monoisotopic (exact) mass is 209 g/mol. The van der Waals surface area contributed by atoms with Gasteiger partial charge in [0.25, 0.3) is 0 Å². The number of carbonyl (C=O) groups excluding carboxylic acids is 1. The highest BCUT2D eigenvalue weighted by atomic mass is 16.3. The van der Waals surface area contributed by atoms with Gasteiger partial charge in [-0.2, -0.15) is 0 Å². The molecule has 1 aromatic heterocycles. The molecular formula is C10H15N3O2. The minimum Gasteiger partial charge on any atom is -0.395 e. The van der Waals surface area contributed by atoms with Crippen LogP contribution in [0.3, 0.4) is 0 Å². The SMILES string of the molecule is CCN(CCO)C(=O)Nc1ccncc1. The van der Waals surface area contributed by atoms with E-state index in [0.717, 1.165) is 0 Å². The average Bonchev–Trinajstić information content (AvgIpc) is 2.27. The summed E-state index contributed by atoms with van der Waals surface area (Å²) in [6.45, 7) is 2.74. The van der Waals surface area contributed by atoms with Crippen molar-refractivity contribution >= 4 is 11.7 Å². The predicted octanol–water partition coefficient (Wildman–Crippen LogP) is 0.928. The molecule has 0 atom stereocenters. The van der Waals surface area contributed by atoms with E-state index < -0.39 is 0 Å². The van der Waals surface area contributed by atoms with E-state index >= 15 is 0 Å². The quantitative estimate of drug-likeness (QED) is 0.775. The van der Waals surface area contributed by atoms with Crippen LogP contribution >= 0.6 is 0 Å². The topological polar surface area (TPSA) is 65.5 Å². The van der Waals surface area contributed by atoms with E-state index in [4.69, 9.17) is 5.11 Å². The molecule has 0 aromatic carbocycles. The number of pyridine rings is 1. The number of anilines is 1. The zero-order valence-electron chi connectivity index (χ0n) is 8.68. The van der Waals surface area contributed by atoms with Gasteiger partial charge < -0.3 is 15.3 Å². The predicted molar refractivity (Wildman–Crippen MR) is 57.6 cm³/mol. The Kier molecular flexibility index (Phi) is 4.56. The number of likely N-dealkylation sites (N-methyl/N-ethyl adjacent to an activating group) is 1. The molecule has 2 N–H and O–H groups in total. The second-order valence-electron chi connectivity index (χ2n) is 2.97. The van der Waals surface area contributed by atoms with Crippen molar-refractivity contribution in [3.8, 4) is 0 Å². The Morgan fingerprint density at radius 2 is 2.20 bits per heavy atom. The third-order valence-electron chi connectivity index (χ3n) is 1.97. The fraction of sp³-hybridized carbons (Fsp3) is 0.400. The molecule has 0 aliphatic heterocycles. The van der Waals surface area contributed by atoms with Crippen molar-refractivity contribution in [2.75, 3.05) is 25.0 Å². The molecule has 0 fully saturated rings. The first-order valence-electron chi connectivity index (χ1n) is 4.84. The fourth-order valence-corrected chi connectivity index (χ4v) is 1.16. The summed E-state index contributed by atoms with van der Waals surface area (Å²) in [5, 5.41) is 11.5. The maximum atomic E-state index is 11.6. The Bertz CT molecular complexity index is 303. The molecule has 1 rings (SSSR count). The maximum absolute atomic E-state index is 11.6. The lowest BCUT2D eigenvalue weighted by Crippen LogP contribution is -2.36. The summed E-state index contributed by atoms with van der Waals surface area (Å²) in [5.41, 5.74) is 0.700. The molecule has 15 heavy (non-hydrogen) atoms.